The molecule has 2 heterocycles. The minimum atomic E-state index is 0.765. The van der Waals surface area contributed by atoms with Crippen molar-refractivity contribution in [3.05, 3.63) is 0 Å². The van der Waals surface area contributed by atoms with Crippen LogP contribution < -0.4 is 10.6 Å². The standard InChI is InChI=1S/C13H27N3/c1-11-9-15-6-3-12(11)10-16-7-4-13(14-2)5-8-16/h11-15H,3-10H2,1-2H3/t11-,12?/m0/s1. The van der Waals surface area contributed by atoms with E-state index in [1.54, 1.807) is 0 Å². The van der Waals surface area contributed by atoms with Crippen molar-refractivity contribution in [2.45, 2.75) is 32.2 Å². The van der Waals surface area contributed by atoms with E-state index in [4.69, 9.17) is 0 Å². The maximum Gasteiger partial charge on any atom is 0.00884 e. The van der Waals surface area contributed by atoms with Crippen LogP contribution in [0.4, 0.5) is 0 Å². The molecule has 2 fully saturated rings. The Hall–Kier alpha value is -0.120. The van der Waals surface area contributed by atoms with Crippen LogP contribution in [-0.2, 0) is 0 Å². The molecule has 3 nitrogen and oxygen atoms in total. The lowest BCUT2D eigenvalue weighted by atomic mass is 9.87. The minimum Gasteiger partial charge on any atom is -0.317 e. The Labute approximate surface area is 100.0 Å². The van der Waals surface area contributed by atoms with E-state index >= 15 is 0 Å². The van der Waals surface area contributed by atoms with Crippen LogP contribution in [0.2, 0.25) is 0 Å². The summed E-state index contributed by atoms with van der Waals surface area (Å²) >= 11 is 0. The highest BCUT2D eigenvalue weighted by molar-refractivity contribution is 4.81. The molecule has 0 aromatic rings. The quantitative estimate of drug-likeness (QED) is 0.748. The molecule has 2 saturated heterocycles. The molecule has 0 saturated carbocycles. The average Bonchev–Trinajstić information content (AvgIpc) is 2.33. The second kappa shape index (κ2) is 5.99. The molecule has 0 aliphatic carbocycles. The van der Waals surface area contributed by atoms with Gasteiger partial charge in [0.1, 0.15) is 0 Å². The Morgan fingerprint density at radius 3 is 2.62 bits per heavy atom. The first-order chi connectivity index (χ1) is 7.79. The number of hydrogen-bond acceptors (Lipinski definition) is 3. The summed E-state index contributed by atoms with van der Waals surface area (Å²) in [6.45, 7) is 8.76. The monoisotopic (exact) mass is 225 g/mol. The SMILES string of the molecule is CNC1CCN(CC2CCNC[C@@H]2C)CC1. The Morgan fingerprint density at radius 1 is 1.25 bits per heavy atom. The van der Waals surface area contributed by atoms with Gasteiger partial charge in [-0.15, -0.1) is 0 Å². The number of hydrogen-bond donors (Lipinski definition) is 2. The van der Waals surface area contributed by atoms with Gasteiger partial charge in [-0.05, 0) is 64.3 Å². The fraction of sp³-hybridized carbons (Fsp3) is 1.00. The Morgan fingerprint density at radius 2 is 2.00 bits per heavy atom. The first kappa shape index (κ1) is 12.3. The smallest absolute Gasteiger partial charge is 0.00884 e. The number of nitrogens with one attached hydrogen (secondary N) is 2. The van der Waals surface area contributed by atoms with Crippen molar-refractivity contribution in [3.63, 3.8) is 0 Å². The molecule has 0 bridgehead atoms. The Balaban J connectivity index is 1.73. The van der Waals surface area contributed by atoms with E-state index in [1.807, 2.05) is 0 Å². The summed E-state index contributed by atoms with van der Waals surface area (Å²) in [7, 11) is 2.09. The van der Waals surface area contributed by atoms with Crippen molar-refractivity contribution in [1.82, 2.24) is 15.5 Å². The molecule has 0 radical (unpaired) electrons. The van der Waals surface area contributed by atoms with E-state index < -0.39 is 0 Å². The summed E-state index contributed by atoms with van der Waals surface area (Å²) < 4.78 is 0. The third-order valence-corrected chi connectivity index (χ3v) is 4.45. The third-order valence-electron chi connectivity index (χ3n) is 4.45. The van der Waals surface area contributed by atoms with Gasteiger partial charge in [-0.1, -0.05) is 6.92 Å². The van der Waals surface area contributed by atoms with Crippen molar-refractivity contribution in [1.29, 1.82) is 0 Å². The van der Waals surface area contributed by atoms with Crippen LogP contribution in [0.25, 0.3) is 0 Å². The second-order valence-corrected chi connectivity index (χ2v) is 5.59. The molecule has 2 aliphatic heterocycles. The fourth-order valence-corrected chi connectivity index (χ4v) is 3.08. The van der Waals surface area contributed by atoms with Crippen LogP contribution in [-0.4, -0.2) is 50.7 Å². The van der Waals surface area contributed by atoms with Crippen LogP contribution in [0.1, 0.15) is 26.2 Å². The van der Waals surface area contributed by atoms with E-state index in [-0.39, 0.29) is 0 Å². The van der Waals surface area contributed by atoms with Gasteiger partial charge in [-0.25, -0.2) is 0 Å². The lowest BCUT2D eigenvalue weighted by molar-refractivity contribution is 0.136. The van der Waals surface area contributed by atoms with Gasteiger partial charge in [-0.2, -0.15) is 0 Å². The van der Waals surface area contributed by atoms with E-state index in [2.05, 4.69) is 29.5 Å². The molecule has 16 heavy (non-hydrogen) atoms. The predicted molar refractivity (Wildman–Crippen MR) is 68.7 cm³/mol. The first-order valence-corrected chi connectivity index (χ1v) is 6.90. The predicted octanol–water partition coefficient (Wildman–Crippen LogP) is 0.916. The van der Waals surface area contributed by atoms with Gasteiger partial charge in [0.05, 0.1) is 0 Å². The molecular weight excluding hydrogens is 198 g/mol. The molecule has 0 amide bonds. The van der Waals surface area contributed by atoms with Crippen LogP contribution >= 0.6 is 0 Å². The van der Waals surface area contributed by atoms with Gasteiger partial charge in [0.2, 0.25) is 0 Å². The van der Waals surface area contributed by atoms with Gasteiger partial charge in [0.25, 0.3) is 0 Å². The van der Waals surface area contributed by atoms with Crippen molar-refractivity contribution in [2.24, 2.45) is 11.8 Å². The summed E-state index contributed by atoms with van der Waals surface area (Å²) in [5, 5.41) is 6.89. The van der Waals surface area contributed by atoms with Crippen molar-refractivity contribution in [3.8, 4) is 0 Å². The van der Waals surface area contributed by atoms with E-state index in [0.717, 1.165) is 17.9 Å². The lowest BCUT2D eigenvalue weighted by Gasteiger charge is -2.37. The summed E-state index contributed by atoms with van der Waals surface area (Å²) in [5.41, 5.74) is 0. The zero-order valence-electron chi connectivity index (χ0n) is 10.8. The molecule has 94 valence electrons. The molecule has 0 aromatic carbocycles. The normalized spacial score (nSPS) is 34.1. The van der Waals surface area contributed by atoms with Gasteiger partial charge in [-0.3, -0.25) is 0 Å². The number of likely N-dealkylation sites (tertiary alicyclic amines) is 1. The van der Waals surface area contributed by atoms with E-state index in [1.165, 1.54) is 52.0 Å². The van der Waals surface area contributed by atoms with E-state index in [0.29, 0.717) is 0 Å². The van der Waals surface area contributed by atoms with Gasteiger partial charge >= 0.3 is 0 Å². The molecule has 2 aliphatic rings. The minimum absolute atomic E-state index is 0.765. The van der Waals surface area contributed by atoms with Crippen molar-refractivity contribution < 1.29 is 0 Å². The Bertz CT molecular complexity index is 199. The zero-order chi connectivity index (χ0) is 11.4. The van der Waals surface area contributed by atoms with Crippen molar-refractivity contribution >= 4 is 0 Å². The highest BCUT2D eigenvalue weighted by Gasteiger charge is 2.25. The second-order valence-electron chi connectivity index (χ2n) is 5.59. The first-order valence-electron chi connectivity index (χ1n) is 6.90. The third kappa shape index (κ3) is 3.19. The van der Waals surface area contributed by atoms with Crippen LogP contribution in [0.3, 0.4) is 0 Å². The molecule has 2 atom stereocenters. The molecule has 0 spiro atoms. The van der Waals surface area contributed by atoms with Crippen LogP contribution in [0.5, 0.6) is 0 Å². The summed E-state index contributed by atoms with van der Waals surface area (Å²) in [5.74, 6) is 1.78. The zero-order valence-corrected chi connectivity index (χ0v) is 10.8. The topological polar surface area (TPSA) is 27.3 Å². The highest BCUT2D eigenvalue weighted by Crippen LogP contribution is 2.21. The molecule has 2 N–H and O–H groups in total. The number of rotatable bonds is 3. The van der Waals surface area contributed by atoms with Gasteiger partial charge < -0.3 is 15.5 Å². The van der Waals surface area contributed by atoms with Gasteiger partial charge in [0.15, 0.2) is 0 Å². The number of nitrogens with zero attached hydrogens (tertiary/aromatic N) is 1. The summed E-state index contributed by atoms with van der Waals surface area (Å²) in [6.07, 6.45) is 4.03. The largest absolute Gasteiger partial charge is 0.317 e. The highest BCUT2D eigenvalue weighted by atomic mass is 15.1. The maximum absolute atomic E-state index is 3.49. The van der Waals surface area contributed by atoms with Crippen LogP contribution in [0, 0.1) is 11.8 Å². The maximum atomic E-state index is 3.49. The van der Waals surface area contributed by atoms with Crippen LogP contribution in [0.15, 0.2) is 0 Å². The lowest BCUT2D eigenvalue weighted by Crippen LogP contribution is -2.46. The molecule has 0 aromatic heterocycles. The van der Waals surface area contributed by atoms with E-state index in [9.17, 15) is 0 Å². The molecule has 1 unspecified atom stereocenters. The fourth-order valence-electron chi connectivity index (χ4n) is 3.08. The average molecular weight is 225 g/mol. The summed E-state index contributed by atoms with van der Waals surface area (Å²) in [6, 6.07) is 0.765. The van der Waals surface area contributed by atoms with Crippen molar-refractivity contribution in [2.75, 3.05) is 39.8 Å². The molecule has 2 rings (SSSR count). The summed E-state index contributed by atoms with van der Waals surface area (Å²) in [4.78, 5) is 2.68. The number of piperidine rings is 2. The Kier molecular flexibility index (Phi) is 4.62. The molecule has 3 heteroatoms. The van der Waals surface area contributed by atoms with Gasteiger partial charge in [0, 0.05) is 12.6 Å². The molecular formula is C13H27N3.